The van der Waals surface area contributed by atoms with E-state index in [1.807, 2.05) is 26.0 Å². The molecule has 0 aromatic carbocycles. The summed E-state index contributed by atoms with van der Waals surface area (Å²) in [4.78, 5) is 16.0. The summed E-state index contributed by atoms with van der Waals surface area (Å²) >= 11 is 0. The van der Waals surface area contributed by atoms with Gasteiger partial charge in [-0.25, -0.2) is 0 Å². The molecule has 2 heterocycles. The quantitative estimate of drug-likeness (QED) is 0.907. The van der Waals surface area contributed by atoms with Crippen LogP contribution in [0.2, 0.25) is 0 Å². The molecule has 2 aromatic rings. The molecule has 5 heteroatoms. The van der Waals surface area contributed by atoms with E-state index in [0.717, 1.165) is 17.0 Å². The van der Waals surface area contributed by atoms with Crippen LogP contribution in [0.1, 0.15) is 22.7 Å². The third-order valence-corrected chi connectivity index (χ3v) is 2.73. The van der Waals surface area contributed by atoms with E-state index < -0.39 is 0 Å². The SMILES string of the molecule is Cc1ccc(COc2coc(CO)cc2=O)c(C)n1. The summed E-state index contributed by atoms with van der Waals surface area (Å²) in [6.45, 7) is 3.75. The van der Waals surface area contributed by atoms with Gasteiger partial charge < -0.3 is 14.3 Å². The van der Waals surface area contributed by atoms with Gasteiger partial charge in [0, 0.05) is 23.0 Å². The zero-order valence-corrected chi connectivity index (χ0v) is 10.8. The van der Waals surface area contributed by atoms with Crippen LogP contribution in [0.3, 0.4) is 0 Å². The Morgan fingerprint density at radius 1 is 1.37 bits per heavy atom. The smallest absolute Gasteiger partial charge is 0.227 e. The minimum Gasteiger partial charge on any atom is -0.482 e. The fourth-order valence-corrected chi connectivity index (χ4v) is 1.65. The summed E-state index contributed by atoms with van der Waals surface area (Å²) in [5.41, 5.74) is 2.41. The number of hydrogen-bond donors (Lipinski definition) is 1. The molecule has 0 aliphatic rings. The average Bonchev–Trinajstić information content (AvgIpc) is 2.39. The number of aryl methyl sites for hydroxylation is 2. The minimum absolute atomic E-state index is 0.122. The molecule has 100 valence electrons. The summed E-state index contributed by atoms with van der Waals surface area (Å²) in [6, 6.07) is 5.03. The molecule has 0 bridgehead atoms. The van der Waals surface area contributed by atoms with Crippen LogP contribution in [0.4, 0.5) is 0 Å². The summed E-state index contributed by atoms with van der Waals surface area (Å²) in [7, 11) is 0. The lowest BCUT2D eigenvalue weighted by atomic mass is 10.2. The Morgan fingerprint density at radius 2 is 2.16 bits per heavy atom. The molecule has 0 saturated heterocycles. The van der Waals surface area contributed by atoms with Gasteiger partial charge in [0.2, 0.25) is 11.2 Å². The van der Waals surface area contributed by atoms with Crippen molar-refractivity contribution in [3.63, 3.8) is 0 Å². The van der Waals surface area contributed by atoms with Gasteiger partial charge >= 0.3 is 0 Å². The van der Waals surface area contributed by atoms with Crippen molar-refractivity contribution < 1.29 is 14.3 Å². The van der Waals surface area contributed by atoms with Gasteiger partial charge in [-0.3, -0.25) is 9.78 Å². The van der Waals surface area contributed by atoms with Crippen LogP contribution >= 0.6 is 0 Å². The lowest BCUT2D eigenvalue weighted by Crippen LogP contribution is -2.09. The zero-order valence-electron chi connectivity index (χ0n) is 10.8. The van der Waals surface area contributed by atoms with Gasteiger partial charge in [0.1, 0.15) is 25.2 Å². The summed E-state index contributed by atoms with van der Waals surface area (Å²) in [5, 5.41) is 8.84. The fourth-order valence-electron chi connectivity index (χ4n) is 1.65. The number of aliphatic hydroxyl groups is 1. The number of rotatable bonds is 4. The molecular weight excluding hydrogens is 246 g/mol. The van der Waals surface area contributed by atoms with E-state index in [2.05, 4.69) is 4.98 Å². The van der Waals surface area contributed by atoms with Crippen molar-refractivity contribution in [2.24, 2.45) is 0 Å². The molecule has 0 fully saturated rings. The minimum atomic E-state index is -0.312. The standard InChI is InChI=1S/C14H15NO4/c1-9-3-4-11(10(2)15-9)7-19-14-8-18-12(6-16)5-13(14)17/h3-5,8,16H,6-7H2,1-2H3. The average molecular weight is 261 g/mol. The molecule has 0 atom stereocenters. The Kier molecular flexibility index (Phi) is 3.97. The second-order valence-electron chi connectivity index (χ2n) is 4.22. The molecule has 2 rings (SSSR count). The topological polar surface area (TPSA) is 72.6 Å². The van der Waals surface area contributed by atoms with Crippen LogP contribution in [0.5, 0.6) is 5.75 Å². The molecule has 19 heavy (non-hydrogen) atoms. The normalized spacial score (nSPS) is 10.5. The first-order chi connectivity index (χ1) is 9.10. The Bertz CT molecular complexity index is 634. The van der Waals surface area contributed by atoms with Crippen LogP contribution < -0.4 is 10.2 Å². The van der Waals surface area contributed by atoms with Gasteiger partial charge in [0.05, 0.1) is 0 Å². The lowest BCUT2D eigenvalue weighted by Gasteiger charge is -2.08. The predicted octanol–water partition coefficient (Wildman–Crippen LogP) is 1.72. The molecule has 0 aliphatic carbocycles. The van der Waals surface area contributed by atoms with E-state index in [1.54, 1.807) is 0 Å². The third kappa shape index (κ3) is 3.20. The second kappa shape index (κ2) is 5.67. The third-order valence-electron chi connectivity index (χ3n) is 2.73. The molecule has 0 radical (unpaired) electrons. The second-order valence-corrected chi connectivity index (χ2v) is 4.22. The Labute approximate surface area is 110 Å². The molecule has 2 aromatic heterocycles. The first-order valence-electron chi connectivity index (χ1n) is 5.88. The summed E-state index contributed by atoms with van der Waals surface area (Å²) < 4.78 is 10.5. The van der Waals surface area contributed by atoms with E-state index in [4.69, 9.17) is 14.3 Å². The van der Waals surface area contributed by atoms with Crippen molar-refractivity contribution in [2.75, 3.05) is 0 Å². The van der Waals surface area contributed by atoms with E-state index in [-0.39, 0.29) is 30.2 Å². The van der Waals surface area contributed by atoms with Crippen LogP contribution in [0.15, 0.2) is 33.7 Å². The summed E-state index contributed by atoms with van der Waals surface area (Å²) in [6.07, 6.45) is 1.21. The highest BCUT2D eigenvalue weighted by molar-refractivity contribution is 5.23. The molecular formula is C14H15NO4. The number of aliphatic hydroxyl groups excluding tert-OH is 1. The first-order valence-corrected chi connectivity index (χ1v) is 5.88. The number of hydrogen-bond acceptors (Lipinski definition) is 5. The van der Waals surface area contributed by atoms with Crippen molar-refractivity contribution in [3.8, 4) is 5.75 Å². The maximum atomic E-state index is 11.6. The van der Waals surface area contributed by atoms with Crippen LogP contribution in [0.25, 0.3) is 0 Å². The molecule has 0 spiro atoms. The first kappa shape index (κ1) is 13.3. The van der Waals surface area contributed by atoms with Gasteiger partial charge in [0.15, 0.2) is 0 Å². The van der Waals surface area contributed by atoms with Crippen LogP contribution in [0, 0.1) is 13.8 Å². The van der Waals surface area contributed by atoms with E-state index >= 15 is 0 Å². The largest absolute Gasteiger partial charge is 0.482 e. The maximum Gasteiger partial charge on any atom is 0.227 e. The fraction of sp³-hybridized carbons (Fsp3) is 0.286. The van der Waals surface area contributed by atoms with Gasteiger partial charge in [0.25, 0.3) is 0 Å². The van der Waals surface area contributed by atoms with Gasteiger partial charge in [-0.15, -0.1) is 0 Å². The van der Waals surface area contributed by atoms with E-state index in [1.165, 1.54) is 12.3 Å². The lowest BCUT2D eigenvalue weighted by molar-refractivity contribution is 0.236. The van der Waals surface area contributed by atoms with Crippen molar-refractivity contribution in [1.82, 2.24) is 4.98 Å². The highest BCUT2D eigenvalue weighted by Gasteiger charge is 2.06. The molecule has 0 aliphatic heterocycles. The zero-order chi connectivity index (χ0) is 13.8. The monoisotopic (exact) mass is 261 g/mol. The molecule has 1 N–H and O–H groups in total. The number of ether oxygens (including phenoxy) is 1. The Morgan fingerprint density at radius 3 is 2.79 bits per heavy atom. The van der Waals surface area contributed by atoms with Gasteiger partial charge in [-0.1, -0.05) is 6.07 Å². The molecule has 0 amide bonds. The number of pyridine rings is 1. The highest BCUT2D eigenvalue weighted by atomic mass is 16.5. The number of nitrogens with zero attached hydrogens (tertiary/aromatic N) is 1. The van der Waals surface area contributed by atoms with E-state index in [9.17, 15) is 4.79 Å². The Balaban J connectivity index is 2.12. The van der Waals surface area contributed by atoms with Crippen molar-refractivity contribution in [1.29, 1.82) is 0 Å². The van der Waals surface area contributed by atoms with Gasteiger partial charge in [-0.05, 0) is 19.9 Å². The Hall–Kier alpha value is -2.14. The van der Waals surface area contributed by atoms with Gasteiger partial charge in [-0.2, -0.15) is 0 Å². The predicted molar refractivity (Wildman–Crippen MR) is 68.9 cm³/mol. The molecule has 0 unspecified atom stereocenters. The summed E-state index contributed by atoms with van der Waals surface area (Å²) in [5.74, 6) is 0.336. The van der Waals surface area contributed by atoms with E-state index in [0.29, 0.717) is 0 Å². The van der Waals surface area contributed by atoms with Crippen molar-refractivity contribution >= 4 is 0 Å². The highest BCUT2D eigenvalue weighted by Crippen LogP contribution is 2.11. The van der Waals surface area contributed by atoms with Crippen LogP contribution in [-0.2, 0) is 13.2 Å². The maximum absolute atomic E-state index is 11.6. The number of aromatic nitrogens is 1. The van der Waals surface area contributed by atoms with Crippen molar-refractivity contribution in [2.45, 2.75) is 27.1 Å². The molecule has 5 nitrogen and oxygen atoms in total. The molecule has 0 saturated carbocycles. The van der Waals surface area contributed by atoms with Crippen LogP contribution in [-0.4, -0.2) is 10.1 Å². The van der Waals surface area contributed by atoms with Crippen molar-refractivity contribution in [3.05, 3.63) is 57.4 Å².